The molecule has 0 atom stereocenters. The van der Waals surface area contributed by atoms with Crippen LogP contribution in [0.1, 0.15) is 0 Å². The zero-order valence-electron chi connectivity index (χ0n) is 12.8. The lowest BCUT2D eigenvalue weighted by molar-refractivity contribution is 0.555. The van der Waals surface area contributed by atoms with Crippen molar-refractivity contribution in [1.29, 1.82) is 0 Å². The van der Waals surface area contributed by atoms with E-state index in [2.05, 4.69) is 4.72 Å². The van der Waals surface area contributed by atoms with Crippen molar-refractivity contribution < 1.29 is 17.2 Å². The van der Waals surface area contributed by atoms with Crippen LogP contribution < -0.4 is 4.72 Å². The highest BCUT2D eigenvalue weighted by atomic mass is 32.2. The van der Waals surface area contributed by atoms with E-state index in [4.69, 9.17) is 0 Å². The Balaban J connectivity index is 1.94. The molecule has 0 heterocycles. The molecule has 1 N–H and O–H groups in total. The molecule has 0 bridgehead atoms. The maximum absolute atomic E-state index is 13.8. The molecule has 0 fully saturated rings. The first-order valence-corrected chi connectivity index (χ1v) is 9.55. The van der Waals surface area contributed by atoms with Crippen molar-refractivity contribution in [1.82, 2.24) is 0 Å². The summed E-state index contributed by atoms with van der Waals surface area (Å²) in [6.45, 7) is 0. The SMILES string of the molecule is O=S(=O)(Nc1ccccc1Sc1ccccc1)c1cc(F)ccc1F. The van der Waals surface area contributed by atoms with Crippen LogP contribution in [0.15, 0.2) is 87.5 Å². The average Bonchev–Trinajstić information content (AvgIpc) is 2.59. The standard InChI is InChI=1S/C18H13F2NO2S2/c19-13-10-11-15(20)18(12-13)25(22,23)21-16-8-4-5-9-17(16)24-14-6-2-1-3-7-14/h1-12,21H. The van der Waals surface area contributed by atoms with Gasteiger partial charge in [0.25, 0.3) is 10.0 Å². The maximum Gasteiger partial charge on any atom is 0.264 e. The first-order chi connectivity index (χ1) is 12.0. The number of hydrogen-bond donors (Lipinski definition) is 1. The molecule has 0 aliphatic rings. The number of sulfonamides is 1. The Morgan fingerprint density at radius 2 is 1.52 bits per heavy atom. The fourth-order valence-electron chi connectivity index (χ4n) is 2.14. The summed E-state index contributed by atoms with van der Waals surface area (Å²) in [4.78, 5) is 0.840. The quantitative estimate of drug-likeness (QED) is 0.687. The third kappa shape index (κ3) is 4.18. The first kappa shape index (κ1) is 17.4. The van der Waals surface area contributed by atoms with Gasteiger partial charge in [-0.15, -0.1) is 0 Å². The summed E-state index contributed by atoms with van der Waals surface area (Å²) in [5, 5.41) is 0. The highest BCUT2D eigenvalue weighted by molar-refractivity contribution is 7.99. The zero-order valence-corrected chi connectivity index (χ0v) is 14.5. The van der Waals surface area contributed by atoms with E-state index in [1.54, 1.807) is 24.3 Å². The molecule has 128 valence electrons. The van der Waals surface area contributed by atoms with Gasteiger partial charge in [0.05, 0.1) is 5.69 Å². The second kappa shape index (κ2) is 7.25. The minimum absolute atomic E-state index is 0.292. The predicted molar refractivity (Wildman–Crippen MR) is 94.2 cm³/mol. The summed E-state index contributed by atoms with van der Waals surface area (Å²) in [7, 11) is -4.26. The van der Waals surface area contributed by atoms with Crippen LogP contribution in [0.2, 0.25) is 0 Å². The number of halogens is 2. The van der Waals surface area contributed by atoms with E-state index in [9.17, 15) is 17.2 Å². The molecule has 0 spiro atoms. The summed E-state index contributed by atoms with van der Waals surface area (Å²) < 4.78 is 54.4. The van der Waals surface area contributed by atoms with Crippen LogP contribution in [0.4, 0.5) is 14.5 Å². The van der Waals surface area contributed by atoms with Gasteiger partial charge in [-0.25, -0.2) is 17.2 Å². The minimum Gasteiger partial charge on any atom is -0.278 e. The number of hydrogen-bond acceptors (Lipinski definition) is 3. The van der Waals surface area contributed by atoms with Gasteiger partial charge in [0.15, 0.2) is 0 Å². The van der Waals surface area contributed by atoms with Gasteiger partial charge in [0, 0.05) is 9.79 Å². The Hall–Kier alpha value is -2.38. The molecule has 3 rings (SSSR count). The molecule has 0 unspecified atom stereocenters. The highest BCUT2D eigenvalue weighted by Crippen LogP contribution is 2.34. The van der Waals surface area contributed by atoms with Gasteiger partial charge in [0.1, 0.15) is 16.5 Å². The summed E-state index contributed by atoms with van der Waals surface area (Å²) in [6.07, 6.45) is 0. The lowest BCUT2D eigenvalue weighted by Crippen LogP contribution is -2.15. The van der Waals surface area contributed by atoms with Crippen molar-refractivity contribution in [3.63, 3.8) is 0 Å². The number of nitrogens with one attached hydrogen (secondary N) is 1. The van der Waals surface area contributed by atoms with Crippen LogP contribution in [-0.4, -0.2) is 8.42 Å². The summed E-state index contributed by atoms with van der Waals surface area (Å²) >= 11 is 1.36. The van der Waals surface area contributed by atoms with Gasteiger partial charge in [0.2, 0.25) is 0 Å². The third-order valence-corrected chi connectivity index (χ3v) is 5.75. The predicted octanol–water partition coefficient (Wildman–Crippen LogP) is 4.92. The van der Waals surface area contributed by atoms with E-state index < -0.39 is 26.6 Å². The van der Waals surface area contributed by atoms with Crippen LogP contribution in [-0.2, 0) is 10.0 Å². The summed E-state index contributed by atoms with van der Waals surface area (Å²) in [5.74, 6) is -1.84. The van der Waals surface area contributed by atoms with Crippen molar-refractivity contribution in [3.05, 3.63) is 84.4 Å². The first-order valence-electron chi connectivity index (χ1n) is 7.25. The van der Waals surface area contributed by atoms with Crippen molar-refractivity contribution in [2.75, 3.05) is 4.72 Å². The highest BCUT2D eigenvalue weighted by Gasteiger charge is 2.21. The van der Waals surface area contributed by atoms with Gasteiger partial charge >= 0.3 is 0 Å². The molecular weight excluding hydrogens is 364 g/mol. The second-order valence-corrected chi connectivity index (χ2v) is 7.86. The Bertz CT molecular complexity index is 993. The van der Waals surface area contributed by atoms with E-state index in [0.29, 0.717) is 16.6 Å². The second-order valence-electron chi connectivity index (χ2n) is 5.09. The van der Waals surface area contributed by atoms with Gasteiger partial charge < -0.3 is 0 Å². The van der Waals surface area contributed by atoms with Crippen molar-refractivity contribution in [3.8, 4) is 0 Å². The lowest BCUT2D eigenvalue weighted by Gasteiger charge is -2.13. The monoisotopic (exact) mass is 377 g/mol. The van der Waals surface area contributed by atoms with Crippen molar-refractivity contribution in [2.24, 2.45) is 0 Å². The van der Waals surface area contributed by atoms with E-state index >= 15 is 0 Å². The minimum atomic E-state index is -4.26. The molecule has 3 aromatic carbocycles. The van der Waals surface area contributed by atoms with Crippen LogP contribution in [0.5, 0.6) is 0 Å². The van der Waals surface area contributed by atoms with Crippen molar-refractivity contribution >= 4 is 27.5 Å². The fraction of sp³-hybridized carbons (Fsp3) is 0. The molecule has 0 aliphatic carbocycles. The average molecular weight is 377 g/mol. The molecule has 0 saturated carbocycles. The summed E-state index contributed by atoms with van der Waals surface area (Å²) in [5.41, 5.74) is 0.292. The van der Waals surface area contributed by atoms with Crippen molar-refractivity contribution in [2.45, 2.75) is 14.7 Å². The smallest absolute Gasteiger partial charge is 0.264 e. The summed E-state index contributed by atoms with van der Waals surface area (Å²) in [6, 6.07) is 18.5. The van der Waals surface area contributed by atoms with E-state index in [1.165, 1.54) is 11.8 Å². The van der Waals surface area contributed by atoms with E-state index in [1.807, 2.05) is 30.3 Å². The van der Waals surface area contributed by atoms with Crippen LogP contribution in [0.25, 0.3) is 0 Å². The molecule has 3 nitrogen and oxygen atoms in total. The number of benzene rings is 3. The van der Waals surface area contributed by atoms with Gasteiger partial charge in [-0.2, -0.15) is 0 Å². The Morgan fingerprint density at radius 1 is 0.840 bits per heavy atom. The Morgan fingerprint density at radius 3 is 2.28 bits per heavy atom. The van der Waals surface area contributed by atoms with Gasteiger partial charge in [-0.3, -0.25) is 4.72 Å². The number of anilines is 1. The topological polar surface area (TPSA) is 46.2 Å². The third-order valence-electron chi connectivity index (χ3n) is 3.29. The van der Waals surface area contributed by atoms with Gasteiger partial charge in [-0.05, 0) is 42.5 Å². The molecule has 7 heteroatoms. The van der Waals surface area contributed by atoms with E-state index in [0.717, 1.165) is 17.0 Å². The fourth-order valence-corrected chi connectivity index (χ4v) is 4.30. The molecular formula is C18H13F2NO2S2. The maximum atomic E-state index is 13.8. The molecule has 0 radical (unpaired) electrons. The van der Waals surface area contributed by atoms with Crippen LogP contribution in [0, 0.1) is 11.6 Å². The van der Waals surface area contributed by atoms with Crippen LogP contribution in [0.3, 0.4) is 0 Å². The Kier molecular flexibility index (Phi) is 5.06. The van der Waals surface area contributed by atoms with E-state index in [-0.39, 0.29) is 0 Å². The molecule has 3 aromatic rings. The molecule has 25 heavy (non-hydrogen) atoms. The molecule has 0 saturated heterocycles. The normalized spacial score (nSPS) is 11.3. The molecule has 0 aliphatic heterocycles. The van der Waals surface area contributed by atoms with Crippen LogP contribution >= 0.6 is 11.8 Å². The zero-order chi connectivity index (χ0) is 17.9. The molecule has 0 aromatic heterocycles. The molecule has 0 amide bonds. The number of rotatable bonds is 5. The Labute approximate surface area is 148 Å². The number of para-hydroxylation sites is 1. The van der Waals surface area contributed by atoms with Gasteiger partial charge in [-0.1, -0.05) is 42.1 Å². The lowest BCUT2D eigenvalue weighted by atomic mass is 10.3. The largest absolute Gasteiger partial charge is 0.278 e.